The minimum absolute atomic E-state index is 0. The SMILES string of the molecule is O.O.O.[NaH].[O]=[V]. The Morgan fingerprint density at radius 1 is 0.833 bits per heavy atom. The van der Waals surface area contributed by atoms with Crippen LogP contribution >= 0.6 is 0 Å². The van der Waals surface area contributed by atoms with E-state index in [1.54, 1.807) is 0 Å². The van der Waals surface area contributed by atoms with Crippen LogP contribution in [-0.4, -0.2) is 46.0 Å². The molecule has 0 spiro atoms. The van der Waals surface area contributed by atoms with Gasteiger partial charge in [-0.15, -0.1) is 0 Å². The van der Waals surface area contributed by atoms with Gasteiger partial charge < -0.3 is 16.4 Å². The Labute approximate surface area is 66.7 Å². The van der Waals surface area contributed by atoms with E-state index in [-0.39, 0.29) is 46.0 Å². The topological polar surface area (TPSA) is 112 Å². The molecule has 6 heteroatoms. The average Bonchev–Trinajstić information content (AvgIpc) is 1.00. The van der Waals surface area contributed by atoms with Crippen molar-refractivity contribution in [1.82, 2.24) is 0 Å². The molecule has 0 aliphatic rings. The molecule has 0 aliphatic heterocycles. The Kier molecular flexibility index (Phi) is 1010. The van der Waals surface area contributed by atoms with Crippen molar-refractivity contribution < 1.29 is 37.5 Å². The Bertz CT molecular complexity index is 7.51. The molecule has 0 saturated carbocycles. The summed E-state index contributed by atoms with van der Waals surface area (Å²) in [4.78, 5) is 0. The van der Waals surface area contributed by atoms with Gasteiger partial charge in [-0.3, -0.25) is 0 Å². The van der Waals surface area contributed by atoms with E-state index in [4.69, 9.17) is 3.67 Å². The first kappa shape index (κ1) is 55.6. The van der Waals surface area contributed by atoms with Crippen LogP contribution in [0.15, 0.2) is 0 Å². The van der Waals surface area contributed by atoms with Gasteiger partial charge in [0.15, 0.2) is 0 Å². The zero-order valence-corrected chi connectivity index (χ0v) is 3.75. The molecule has 0 aromatic rings. The molecular weight excluding hydrogens is 138 g/mol. The van der Waals surface area contributed by atoms with E-state index in [9.17, 15) is 0 Å². The normalized spacial score (nSPS) is 0.500. The van der Waals surface area contributed by atoms with Crippen LogP contribution in [-0.2, 0) is 21.0 Å². The molecule has 0 heterocycles. The van der Waals surface area contributed by atoms with Crippen LogP contribution in [0.5, 0.6) is 0 Å². The van der Waals surface area contributed by atoms with Crippen molar-refractivity contribution in [3.8, 4) is 0 Å². The van der Waals surface area contributed by atoms with Gasteiger partial charge in [-0.05, 0) is 0 Å². The Morgan fingerprint density at radius 2 is 0.833 bits per heavy atom. The molecule has 0 radical (unpaired) electrons. The van der Waals surface area contributed by atoms with E-state index in [0.29, 0.717) is 0 Å². The van der Waals surface area contributed by atoms with E-state index in [1.807, 2.05) is 0 Å². The van der Waals surface area contributed by atoms with Gasteiger partial charge in [0.05, 0.1) is 0 Å². The fourth-order valence-corrected chi connectivity index (χ4v) is 0. The molecule has 0 amide bonds. The zero-order chi connectivity index (χ0) is 2.00. The second-order valence-electron chi connectivity index (χ2n) is 0. The molecule has 0 aliphatic carbocycles. The summed E-state index contributed by atoms with van der Waals surface area (Å²) in [6.07, 6.45) is 0. The Hall–Kier alpha value is 1.26. The van der Waals surface area contributed by atoms with E-state index < -0.39 is 0 Å². The monoisotopic (exact) mass is 145 g/mol. The van der Waals surface area contributed by atoms with Crippen LogP contribution in [0.4, 0.5) is 0 Å². The maximum atomic E-state index is 8.19. The summed E-state index contributed by atoms with van der Waals surface area (Å²) >= 11 is 1.06. The van der Waals surface area contributed by atoms with Crippen LogP contribution in [0.3, 0.4) is 0 Å². The molecule has 0 bridgehead atoms. The van der Waals surface area contributed by atoms with Crippen LogP contribution in [0.1, 0.15) is 0 Å². The average molecular weight is 145 g/mol. The van der Waals surface area contributed by atoms with Gasteiger partial charge in [0.25, 0.3) is 0 Å². The van der Waals surface area contributed by atoms with Gasteiger partial charge in [0.2, 0.25) is 0 Å². The molecule has 0 fully saturated rings. The third-order valence-electron chi connectivity index (χ3n) is 0. The van der Waals surface area contributed by atoms with Gasteiger partial charge in [-0.2, -0.15) is 0 Å². The van der Waals surface area contributed by atoms with Crippen molar-refractivity contribution in [3.63, 3.8) is 0 Å². The van der Waals surface area contributed by atoms with Gasteiger partial charge in [-0.25, -0.2) is 0 Å². The Morgan fingerprint density at radius 3 is 0.833 bits per heavy atom. The summed E-state index contributed by atoms with van der Waals surface area (Å²) in [6, 6.07) is 0. The summed E-state index contributed by atoms with van der Waals surface area (Å²) < 4.78 is 8.19. The molecule has 0 rings (SSSR count). The van der Waals surface area contributed by atoms with Crippen molar-refractivity contribution in [2.45, 2.75) is 0 Å². The van der Waals surface area contributed by atoms with E-state index in [0.717, 1.165) is 17.4 Å². The standard InChI is InChI=1S/Na.3H2O.O.V.H/h;3*1H2;;;. The number of hydrogen-bond donors (Lipinski definition) is 0. The molecule has 4 nitrogen and oxygen atoms in total. The summed E-state index contributed by atoms with van der Waals surface area (Å²) in [5.41, 5.74) is 0. The van der Waals surface area contributed by atoms with Crippen molar-refractivity contribution in [1.29, 1.82) is 0 Å². The van der Waals surface area contributed by atoms with Gasteiger partial charge >= 0.3 is 50.6 Å². The molecule has 0 aromatic heterocycles. The molecule has 0 atom stereocenters. The van der Waals surface area contributed by atoms with Crippen LogP contribution in [0.2, 0.25) is 0 Å². The summed E-state index contributed by atoms with van der Waals surface area (Å²) in [5.74, 6) is 0. The van der Waals surface area contributed by atoms with Crippen molar-refractivity contribution >= 4 is 29.6 Å². The molecule has 6 heavy (non-hydrogen) atoms. The fraction of sp³-hybridized carbons (Fsp3) is 0. The van der Waals surface area contributed by atoms with E-state index in [2.05, 4.69) is 0 Å². The molecule has 6 N–H and O–H groups in total. The quantitative estimate of drug-likeness (QED) is 0.327. The summed E-state index contributed by atoms with van der Waals surface area (Å²) in [6.45, 7) is 0. The second-order valence-corrected chi connectivity index (χ2v) is 0. The molecule has 0 saturated heterocycles. The van der Waals surface area contributed by atoms with E-state index in [1.165, 1.54) is 0 Å². The minimum atomic E-state index is 0. The third kappa shape index (κ3) is 59.9. The van der Waals surface area contributed by atoms with Gasteiger partial charge in [0.1, 0.15) is 0 Å². The summed E-state index contributed by atoms with van der Waals surface area (Å²) in [5, 5.41) is 0. The molecular formula is H7NaO4V. The third-order valence-corrected chi connectivity index (χ3v) is 0. The van der Waals surface area contributed by atoms with Crippen LogP contribution < -0.4 is 0 Å². The van der Waals surface area contributed by atoms with Gasteiger partial charge in [-0.1, -0.05) is 0 Å². The van der Waals surface area contributed by atoms with E-state index >= 15 is 0 Å². The van der Waals surface area contributed by atoms with Gasteiger partial charge in [0, 0.05) is 0 Å². The van der Waals surface area contributed by atoms with Crippen LogP contribution in [0, 0.1) is 0 Å². The number of rotatable bonds is 0. The first-order valence-electron chi connectivity index (χ1n) is 0.183. The number of hydrogen-bond acceptors (Lipinski definition) is 1. The first-order valence-corrected chi connectivity index (χ1v) is 0.753. The molecule has 0 unspecified atom stereocenters. The van der Waals surface area contributed by atoms with Crippen molar-refractivity contribution in [3.05, 3.63) is 0 Å². The first-order chi connectivity index (χ1) is 1.00. The zero-order valence-electron chi connectivity index (χ0n) is 2.36. The molecule has 37 valence electrons. The summed E-state index contributed by atoms with van der Waals surface area (Å²) in [7, 11) is 0. The van der Waals surface area contributed by atoms with Crippen LogP contribution in [0.25, 0.3) is 0 Å². The Balaban J connectivity index is -0.000000000833. The predicted molar refractivity (Wildman–Crippen MR) is 18.7 cm³/mol. The van der Waals surface area contributed by atoms with Crippen molar-refractivity contribution in [2.24, 2.45) is 0 Å². The maximum absolute atomic E-state index is 8.19. The second kappa shape index (κ2) is 109. The molecule has 0 aromatic carbocycles. The van der Waals surface area contributed by atoms with Crippen molar-refractivity contribution in [2.75, 3.05) is 0 Å². The predicted octanol–water partition coefficient (Wildman–Crippen LogP) is -3.24. The fourth-order valence-electron chi connectivity index (χ4n) is 0.